The van der Waals surface area contributed by atoms with E-state index in [2.05, 4.69) is 87.5 Å². The molecule has 27 heavy (non-hydrogen) atoms. The summed E-state index contributed by atoms with van der Waals surface area (Å²) in [7, 11) is -1.37. The second kappa shape index (κ2) is 13.8. The molecular weight excluding hydrogens is 447 g/mol. The molecule has 1 atom stereocenters. The van der Waals surface area contributed by atoms with Crippen LogP contribution in [-0.4, -0.2) is 8.80 Å². The van der Waals surface area contributed by atoms with Gasteiger partial charge in [0, 0.05) is 8.80 Å². The van der Waals surface area contributed by atoms with Gasteiger partial charge in [-0.2, -0.15) is 5.57 Å². The van der Waals surface area contributed by atoms with E-state index in [-0.39, 0.29) is 58.9 Å². The first-order chi connectivity index (χ1) is 11.2. The fourth-order valence-corrected chi connectivity index (χ4v) is 7.10. The van der Waals surface area contributed by atoms with E-state index in [0.29, 0.717) is 5.92 Å². The quantitative estimate of drug-likeness (QED) is 0.303. The zero-order valence-corrected chi connectivity index (χ0v) is 21.0. The number of hydrogen-bond donors (Lipinski definition) is 0. The Hall–Kier alpha value is -0.279. The van der Waals surface area contributed by atoms with Crippen LogP contribution < -0.4 is 47.6 Å². The molecule has 0 aliphatic heterocycles. The van der Waals surface area contributed by atoms with Crippen LogP contribution in [0, 0.1) is 12.0 Å². The van der Waals surface area contributed by atoms with Crippen LogP contribution in [-0.2, 0) is 21.7 Å². The Morgan fingerprint density at radius 3 is 1.74 bits per heavy atom. The fraction of sp³-hybridized carbons (Fsp3) is 0.273. The Morgan fingerprint density at radius 2 is 1.33 bits per heavy atom. The van der Waals surface area contributed by atoms with Gasteiger partial charge in [-0.3, -0.25) is 0 Å². The Balaban J connectivity index is 0. The number of hydrogen-bond acceptors (Lipinski definition) is 0. The van der Waals surface area contributed by atoms with Crippen LogP contribution in [0.2, 0.25) is 0 Å². The molecule has 1 aliphatic carbocycles. The zero-order valence-electron chi connectivity index (χ0n) is 16.0. The van der Waals surface area contributed by atoms with Crippen molar-refractivity contribution in [1.29, 1.82) is 0 Å². The molecule has 0 amide bonds. The first kappa shape index (κ1) is 28.9. The average Bonchev–Trinajstić information content (AvgIpc) is 2.98. The van der Waals surface area contributed by atoms with Crippen molar-refractivity contribution in [3.05, 3.63) is 83.1 Å². The molecule has 0 nitrogen and oxygen atoms in total. The second-order valence-corrected chi connectivity index (χ2v) is 9.48. The molecule has 2 aromatic carbocycles. The van der Waals surface area contributed by atoms with Crippen molar-refractivity contribution in [3.8, 4) is 0 Å². The minimum atomic E-state index is -1.37. The van der Waals surface area contributed by atoms with Crippen LogP contribution in [0.5, 0.6) is 0 Å². The molecule has 0 N–H and O–H groups in total. The van der Waals surface area contributed by atoms with E-state index in [9.17, 15) is 0 Å². The molecule has 2 aromatic rings. The van der Waals surface area contributed by atoms with Gasteiger partial charge in [0.2, 0.25) is 0 Å². The normalized spacial score (nSPS) is 13.6. The van der Waals surface area contributed by atoms with Crippen molar-refractivity contribution in [2.45, 2.75) is 33.6 Å². The van der Waals surface area contributed by atoms with Crippen LogP contribution in [0.3, 0.4) is 0 Å². The van der Waals surface area contributed by atoms with E-state index >= 15 is 0 Å². The monoisotopic (exact) mass is 470 g/mol. The van der Waals surface area contributed by atoms with Crippen molar-refractivity contribution < 1.29 is 58.9 Å². The molecular formula is C22H25Cl3SiTi. The molecule has 0 radical (unpaired) electrons. The molecule has 1 aliphatic rings. The average molecular weight is 472 g/mol. The van der Waals surface area contributed by atoms with Gasteiger partial charge in [0.15, 0.2) is 0 Å². The Kier molecular flexibility index (Phi) is 14.8. The number of rotatable bonds is 5. The van der Waals surface area contributed by atoms with E-state index in [1.807, 2.05) is 0 Å². The summed E-state index contributed by atoms with van der Waals surface area (Å²) < 4.78 is 0. The molecule has 0 saturated carbocycles. The van der Waals surface area contributed by atoms with Crippen molar-refractivity contribution in [2.75, 3.05) is 0 Å². The molecule has 0 bridgehead atoms. The van der Waals surface area contributed by atoms with Gasteiger partial charge in [0.25, 0.3) is 0 Å². The predicted octanol–water partition coefficient (Wildman–Crippen LogP) is -4.93. The third-order valence-corrected chi connectivity index (χ3v) is 8.18. The smallest absolute Gasteiger partial charge is 1.00 e. The summed E-state index contributed by atoms with van der Waals surface area (Å²) in [5.74, 6) is 0.602. The minimum Gasteiger partial charge on any atom is -1.00 e. The van der Waals surface area contributed by atoms with Gasteiger partial charge in [-0.05, 0) is 0 Å². The van der Waals surface area contributed by atoms with Gasteiger partial charge in [-0.1, -0.05) is 111 Å². The maximum absolute atomic E-state index is 3.71. The van der Waals surface area contributed by atoms with Gasteiger partial charge in [-0.15, -0.1) is 0 Å². The SMILES string of the molecule is CCC(C)C1=C([SiH](c2ccccc2)c2ccccc2)CC(C)=[C-]1.[Cl-].[Cl-].[Cl-].[Ti+4]. The van der Waals surface area contributed by atoms with Gasteiger partial charge in [0.1, 0.15) is 0 Å². The van der Waals surface area contributed by atoms with Gasteiger partial charge >= 0.3 is 21.7 Å². The molecule has 0 fully saturated rings. The molecule has 5 heteroatoms. The second-order valence-electron chi connectivity index (χ2n) is 6.58. The Labute approximate surface area is 199 Å². The van der Waals surface area contributed by atoms with E-state index in [0.717, 1.165) is 6.42 Å². The number of benzene rings is 2. The van der Waals surface area contributed by atoms with E-state index in [1.54, 1.807) is 5.20 Å². The van der Waals surface area contributed by atoms with Crippen LogP contribution in [0.25, 0.3) is 0 Å². The van der Waals surface area contributed by atoms with Crippen LogP contribution >= 0.6 is 0 Å². The summed E-state index contributed by atoms with van der Waals surface area (Å²) >= 11 is 0. The van der Waals surface area contributed by atoms with Crippen molar-refractivity contribution in [1.82, 2.24) is 0 Å². The van der Waals surface area contributed by atoms with Crippen molar-refractivity contribution in [2.24, 2.45) is 5.92 Å². The van der Waals surface area contributed by atoms with E-state index < -0.39 is 8.80 Å². The summed E-state index contributed by atoms with van der Waals surface area (Å²) in [6.07, 6.45) is 6.00. The molecule has 142 valence electrons. The zero-order chi connectivity index (χ0) is 16.2. The van der Waals surface area contributed by atoms with Crippen molar-refractivity contribution >= 4 is 19.2 Å². The minimum absolute atomic E-state index is 0. The van der Waals surface area contributed by atoms with Gasteiger partial charge in [0.05, 0.1) is 0 Å². The topological polar surface area (TPSA) is 0 Å². The Morgan fingerprint density at radius 1 is 0.889 bits per heavy atom. The summed E-state index contributed by atoms with van der Waals surface area (Å²) in [6, 6.07) is 22.2. The van der Waals surface area contributed by atoms with Gasteiger partial charge in [-0.25, -0.2) is 16.8 Å². The summed E-state index contributed by atoms with van der Waals surface area (Å²) in [5.41, 5.74) is 2.90. The summed E-state index contributed by atoms with van der Waals surface area (Å²) in [4.78, 5) is 0. The molecule has 0 heterocycles. The van der Waals surface area contributed by atoms with Gasteiger partial charge < -0.3 is 37.2 Å². The third-order valence-electron chi connectivity index (χ3n) is 4.87. The molecule has 0 aromatic heterocycles. The largest absolute Gasteiger partial charge is 4.00 e. The predicted molar refractivity (Wildman–Crippen MR) is 103 cm³/mol. The Bertz CT molecular complexity index is 690. The van der Waals surface area contributed by atoms with E-state index in [1.165, 1.54) is 27.9 Å². The van der Waals surface area contributed by atoms with Crippen LogP contribution in [0.1, 0.15) is 33.6 Å². The summed E-state index contributed by atoms with van der Waals surface area (Å²) in [5, 5.41) is 4.71. The van der Waals surface area contributed by atoms with E-state index in [4.69, 9.17) is 0 Å². The molecule has 0 saturated heterocycles. The first-order valence-electron chi connectivity index (χ1n) is 8.63. The first-order valence-corrected chi connectivity index (χ1v) is 10.4. The number of allylic oxidation sites excluding steroid dienone is 4. The van der Waals surface area contributed by atoms with Crippen LogP contribution in [0.15, 0.2) is 77.0 Å². The van der Waals surface area contributed by atoms with Crippen molar-refractivity contribution in [3.63, 3.8) is 0 Å². The number of halogens is 3. The van der Waals surface area contributed by atoms with Crippen LogP contribution in [0.4, 0.5) is 0 Å². The standard InChI is InChI=1S/C22H25Si.3ClH.Ti/c1-4-18(3)21-15-17(2)16-22(21)23(19-11-7-5-8-12-19)20-13-9-6-10-14-20;;;;/h5-14,18,23H,4,16H2,1-3H3;3*1H;/q-1;;;;+4/p-3. The molecule has 3 rings (SSSR count). The molecule has 0 spiro atoms. The molecule has 1 unspecified atom stereocenters. The summed E-state index contributed by atoms with van der Waals surface area (Å²) in [6.45, 7) is 6.87. The fourth-order valence-electron chi connectivity index (χ4n) is 3.52. The maximum Gasteiger partial charge on any atom is 4.00 e. The maximum atomic E-state index is 3.71. The third kappa shape index (κ3) is 6.92.